The van der Waals surface area contributed by atoms with E-state index in [2.05, 4.69) is 4.98 Å². The summed E-state index contributed by atoms with van der Waals surface area (Å²) in [7, 11) is 0. The van der Waals surface area contributed by atoms with E-state index in [4.69, 9.17) is 16.1 Å². The van der Waals surface area contributed by atoms with Crippen molar-refractivity contribution in [3.05, 3.63) is 22.9 Å². The van der Waals surface area contributed by atoms with Gasteiger partial charge >= 0.3 is 5.97 Å². The molecule has 5 nitrogen and oxygen atoms in total. The number of rotatable bonds is 2. The van der Waals surface area contributed by atoms with Crippen molar-refractivity contribution in [3.63, 3.8) is 0 Å². The Bertz CT molecular complexity index is 454. The second kappa shape index (κ2) is 3.88. The van der Waals surface area contributed by atoms with Crippen molar-refractivity contribution in [2.45, 2.75) is 6.43 Å². The molecule has 7 heteroatoms. The fourth-order valence-electron chi connectivity index (χ4n) is 1.04. The Morgan fingerprint density at radius 2 is 2.27 bits per heavy atom. The first-order valence-corrected chi connectivity index (χ1v) is 3.69. The summed E-state index contributed by atoms with van der Waals surface area (Å²) in [6, 6.07) is 1.39. The van der Waals surface area contributed by atoms with Crippen LogP contribution in [0.4, 0.5) is 14.6 Å². The van der Waals surface area contributed by atoms with Gasteiger partial charge in [-0.25, -0.2) is 18.6 Å². The number of nitrogen functional groups attached to an aromatic ring is 1. The minimum absolute atomic E-state index is 0.536. The lowest BCUT2D eigenvalue weighted by atomic mass is 10.1. The van der Waals surface area contributed by atoms with Gasteiger partial charge in [0.15, 0.2) is 0 Å². The van der Waals surface area contributed by atoms with Gasteiger partial charge in [0.25, 0.3) is 6.43 Å². The van der Waals surface area contributed by atoms with Gasteiger partial charge in [0.05, 0.1) is 16.7 Å². The van der Waals surface area contributed by atoms with Crippen LogP contribution in [0.5, 0.6) is 0 Å². The summed E-state index contributed by atoms with van der Waals surface area (Å²) in [6.07, 6.45) is -2.26. The average molecular weight is 213 g/mol. The number of halogens is 2. The second-order valence-corrected chi connectivity index (χ2v) is 2.56. The van der Waals surface area contributed by atoms with E-state index in [1.807, 2.05) is 0 Å². The first-order chi connectivity index (χ1) is 6.99. The lowest BCUT2D eigenvalue weighted by Crippen LogP contribution is -2.09. The molecule has 15 heavy (non-hydrogen) atoms. The van der Waals surface area contributed by atoms with Crippen molar-refractivity contribution in [2.24, 2.45) is 0 Å². The molecule has 1 aromatic rings. The van der Waals surface area contributed by atoms with Crippen LogP contribution < -0.4 is 5.73 Å². The number of nitrogens with two attached hydrogens (primary N) is 1. The van der Waals surface area contributed by atoms with Gasteiger partial charge in [-0.1, -0.05) is 0 Å². The number of nitrogens with zero attached hydrogens (tertiary/aromatic N) is 2. The van der Waals surface area contributed by atoms with E-state index in [1.165, 1.54) is 6.07 Å². The molecular formula is C8H5F2N3O2. The first-order valence-electron chi connectivity index (χ1n) is 3.69. The molecular weight excluding hydrogens is 208 g/mol. The number of alkyl halides is 2. The molecule has 0 fully saturated rings. The van der Waals surface area contributed by atoms with Gasteiger partial charge in [0.1, 0.15) is 11.9 Å². The Kier molecular flexibility index (Phi) is 2.80. The summed E-state index contributed by atoms with van der Waals surface area (Å²) in [5.74, 6) is -2.03. The van der Waals surface area contributed by atoms with E-state index in [9.17, 15) is 13.6 Å². The highest BCUT2D eigenvalue weighted by Crippen LogP contribution is 2.28. The minimum atomic E-state index is -3.04. The third-order valence-electron chi connectivity index (χ3n) is 1.71. The monoisotopic (exact) mass is 213 g/mol. The minimum Gasteiger partial charge on any atom is -0.478 e. The van der Waals surface area contributed by atoms with Gasteiger partial charge < -0.3 is 10.8 Å². The Labute approximate surface area is 82.8 Å². The molecule has 0 radical (unpaired) electrons. The summed E-state index contributed by atoms with van der Waals surface area (Å²) >= 11 is 0. The zero-order valence-corrected chi connectivity index (χ0v) is 7.24. The van der Waals surface area contributed by atoms with Crippen LogP contribution in [0.2, 0.25) is 0 Å². The zero-order valence-electron chi connectivity index (χ0n) is 7.24. The van der Waals surface area contributed by atoms with Crippen molar-refractivity contribution in [3.8, 4) is 6.07 Å². The number of aromatic carboxylic acids is 1. The van der Waals surface area contributed by atoms with Crippen molar-refractivity contribution in [2.75, 3.05) is 5.73 Å². The summed E-state index contributed by atoms with van der Waals surface area (Å²) in [6.45, 7) is 0. The maximum absolute atomic E-state index is 12.5. The SMILES string of the molecule is N#Cc1c(C(=O)O)cnc(N)c1C(F)F. The molecule has 1 heterocycles. The largest absolute Gasteiger partial charge is 0.478 e. The molecule has 1 aromatic heterocycles. The fraction of sp³-hybridized carbons (Fsp3) is 0.125. The highest BCUT2D eigenvalue weighted by Gasteiger charge is 2.23. The van der Waals surface area contributed by atoms with Crippen LogP contribution in [0.3, 0.4) is 0 Å². The topological polar surface area (TPSA) is 100 Å². The van der Waals surface area contributed by atoms with E-state index >= 15 is 0 Å². The van der Waals surface area contributed by atoms with Gasteiger partial charge in [0, 0.05) is 6.20 Å². The van der Waals surface area contributed by atoms with E-state index in [0.717, 1.165) is 6.20 Å². The lowest BCUT2D eigenvalue weighted by Gasteiger charge is -2.07. The molecule has 0 saturated carbocycles. The number of carboxylic acids is 1. The quantitative estimate of drug-likeness (QED) is 0.767. The molecule has 1 rings (SSSR count). The standard InChI is InChI=1S/C8H5F2N3O2/c9-6(10)5-3(1-11)4(8(14)15)2-13-7(5)12/h2,6H,(H2,12,13)(H,14,15). The van der Waals surface area contributed by atoms with Crippen LogP contribution in [-0.2, 0) is 0 Å². The molecule has 0 unspecified atom stereocenters. The summed E-state index contributed by atoms with van der Waals surface area (Å²) in [5, 5.41) is 17.2. The number of carbonyl (C=O) groups is 1. The number of carboxylic acid groups (broad SMARTS) is 1. The fourth-order valence-corrected chi connectivity index (χ4v) is 1.04. The lowest BCUT2D eigenvalue weighted by molar-refractivity contribution is 0.0695. The molecule has 0 aliphatic rings. The van der Waals surface area contributed by atoms with Gasteiger partial charge in [0.2, 0.25) is 0 Å². The van der Waals surface area contributed by atoms with Crippen molar-refractivity contribution in [1.82, 2.24) is 4.98 Å². The molecule has 0 spiro atoms. The van der Waals surface area contributed by atoms with Crippen LogP contribution in [0.25, 0.3) is 0 Å². The molecule has 0 aromatic carbocycles. The van der Waals surface area contributed by atoms with Crippen molar-refractivity contribution >= 4 is 11.8 Å². The van der Waals surface area contributed by atoms with Gasteiger partial charge in [-0.3, -0.25) is 0 Å². The Balaban J connectivity index is 3.56. The maximum Gasteiger partial charge on any atom is 0.338 e. The molecule has 78 valence electrons. The Morgan fingerprint density at radius 3 is 2.67 bits per heavy atom. The number of aromatic nitrogens is 1. The third kappa shape index (κ3) is 1.83. The highest BCUT2D eigenvalue weighted by atomic mass is 19.3. The third-order valence-corrected chi connectivity index (χ3v) is 1.71. The predicted octanol–water partition coefficient (Wildman–Crippen LogP) is 1.17. The van der Waals surface area contributed by atoms with E-state index in [-0.39, 0.29) is 0 Å². The van der Waals surface area contributed by atoms with Crippen molar-refractivity contribution < 1.29 is 18.7 Å². The number of nitriles is 1. The molecule has 0 bridgehead atoms. The number of hydrogen-bond donors (Lipinski definition) is 2. The highest BCUT2D eigenvalue weighted by molar-refractivity contribution is 5.91. The summed E-state index contributed by atoms with van der Waals surface area (Å²) < 4.78 is 24.9. The Hall–Kier alpha value is -2.23. The van der Waals surface area contributed by atoms with Crippen LogP contribution in [0.1, 0.15) is 27.9 Å². The zero-order chi connectivity index (χ0) is 11.6. The molecule has 0 aliphatic heterocycles. The van der Waals surface area contributed by atoms with E-state index in [0.29, 0.717) is 0 Å². The van der Waals surface area contributed by atoms with Gasteiger partial charge in [-0.2, -0.15) is 5.26 Å². The molecule has 0 saturated heterocycles. The van der Waals surface area contributed by atoms with Crippen LogP contribution in [0.15, 0.2) is 6.20 Å². The smallest absolute Gasteiger partial charge is 0.338 e. The first kappa shape index (κ1) is 10.8. The van der Waals surface area contributed by atoms with Crippen molar-refractivity contribution in [1.29, 1.82) is 5.26 Å². The normalized spacial score (nSPS) is 10.0. The average Bonchev–Trinajstić information content (AvgIpc) is 2.15. The van der Waals surface area contributed by atoms with Gasteiger partial charge in [-0.05, 0) is 0 Å². The number of pyridine rings is 1. The van der Waals surface area contributed by atoms with E-state index < -0.39 is 34.9 Å². The molecule has 3 N–H and O–H groups in total. The number of hydrogen-bond acceptors (Lipinski definition) is 4. The summed E-state index contributed by atoms with van der Waals surface area (Å²) in [4.78, 5) is 13.9. The van der Waals surface area contributed by atoms with Crippen LogP contribution in [0, 0.1) is 11.3 Å². The van der Waals surface area contributed by atoms with Crippen LogP contribution in [-0.4, -0.2) is 16.1 Å². The summed E-state index contributed by atoms with van der Waals surface area (Å²) in [5.41, 5.74) is 3.07. The maximum atomic E-state index is 12.5. The van der Waals surface area contributed by atoms with Crippen LogP contribution >= 0.6 is 0 Å². The van der Waals surface area contributed by atoms with E-state index in [1.54, 1.807) is 0 Å². The van der Waals surface area contributed by atoms with Gasteiger partial charge in [-0.15, -0.1) is 0 Å². The molecule has 0 aliphatic carbocycles. The predicted molar refractivity (Wildman–Crippen MR) is 45.3 cm³/mol. The number of anilines is 1. The Morgan fingerprint density at radius 1 is 1.67 bits per heavy atom. The molecule has 0 atom stereocenters. The second-order valence-electron chi connectivity index (χ2n) is 2.56. The molecule has 0 amide bonds.